The van der Waals surface area contributed by atoms with Gasteiger partial charge in [-0.3, -0.25) is 0 Å². The SMILES string of the molecule is Cc1cc(F)nc(-c2cnc(Cl)cc2F)c1. The maximum atomic E-state index is 13.5. The Morgan fingerprint density at radius 2 is 1.94 bits per heavy atom. The van der Waals surface area contributed by atoms with Gasteiger partial charge in [-0.1, -0.05) is 11.6 Å². The third-order valence-electron chi connectivity index (χ3n) is 2.03. The summed E-state index contributed by atoms with van der Waals surface area (Å²) in [6.45, 7) is 1.70. The zero-order valence-corrected chi connectivity index (χ0v) is 9.09. The van der Waals surface area contributed by atoms with Gasteiger partial charge >= 0.3 is 0 Å². The minimum Gasteiger partial charge on any atom is -0.244 e. The highest BCUT2D eigenvalue weighted by Gasteiger charge is 2.09. The van der Waals surface area contributed by atoms with Crippen molar-refractivity contribution in [1.29, 1.82) is 0 Å². The number of halogens is 3. The fourth-order valence-corrected chi connectivity index (χ4v) is 1.50. The predicted octanol–water partition coefficient (Wildman–Crippen LogP) is 3.38. The molecule has 0 unspecified atom stereocenters. The van der Waals surface area contributed by atoms with Crippen LogP contribution in [-0.4, -0.2) is 9.97 Å². The molecule has 0 aromatic carbocycles. The molecule has 0 fully saturated rings. The summed E-state index contributed by atoms with van der Waals surface area (Å²) in [7, 11) is 0. The zero-order valence-electron chi connectivity index (χ0n) is 8.34. The van der Waals surface area contributed by atoms with E-state index in [0.29, 0.717) is 5.56 Å². The molecule has 2 heterocycles. The number of hydrogen-bond donors (Lipinski definition) is 0. The molecule has 2 aromatic rings. The molecule has 0 bridgehead atoms. The topological polar surface area (TPSA) is 25.8 Å². The van der Waals surface area contributed by atoms with Gasteiger partial charge in [0.05, 0.1) is 11.3 Å². The Kier molecular flexibility index (Phi) is 2.83. The summed E-state index contributed by atoms with van der Waals surface area (Å²) in [5.41, 5.74) is 1.00. The molecule has 0 saturated carbocycles. The van der Waals surface area contributed by atoms with Crippen LogP contribution in [0.3, 0.4) is 0 Å². The van der Waals surface area contributed by atoms with Gasteiger partial charge in [0.25, 0.3) is 0 Å². The molecule has 5 heteroatoms. The van der Waals surface area contributed by atoms with Gasteiger partial charge in [0.2, 0.25) is 5.95 Å². The molecule has 2 rings (SSSR count). The minimum absolute atomic E-state index is 0.0503. The molecular weight excluding hydrogens is 234 g/mol. The van der Waals surface area contributed by atoms with E-state index in [0.717, 1.165) is 6.07 Å². The van der Waals surface area contributed by atoms with E-state index in [1.807, 2.05) is 0 Å². The molecule has 0 amide bonds. The highest BCUT2D eigenvalue weighted by atomic mass is 35.5. The molecule has 16 heavy (non-hydrogen) atoms. The molecule has 0 saturated heterocycles. The van der Waals surface area contributed by atoms with Gasteiger partial charge < -0.3 is 0 Å². The average molecular weight is 241 g/mol. The molecule has 0 N–H and O–H groups in total. The van der Waals surface area contributed by atoms with Crippen LogP contribution in [0.4, 0.5) is 8.78 Å². The Morgan fingerprint density at radius 3 is 2.56 bits per heavy atom. The van der Waals surface area contributed by atoms with E-state index < -0.39 is 11.8 Å². The molecular formula is C11H7ClF2N2. The van der Waals surface area contributed by atoms with Crippen molar-refractivity contribution in [1.82, 2.24) is 9.97 Å². The van der Waals surface area contributed by atoms with Crippen molar-refractivity contribution < 1.29 is 8.78 Å². The van der Waals surface area contributed by atoms with E-state index in [9.17, 15) is 8.78 Å². The first-order chi connectivity index (χ1) is 7.56. The molecule has 82 valence electrons. The monoisotopic (exact) mass is 240 g/mol. The van der Waals surface area contributed by atoms with Gasteiger partial charge in [-0.05, 0) is 24.6 Å². The Balaban J connectivity index is 2.58. The lowest BCUT2D eigenvalue weighted by Gasteiger charge is -2.03. The quantitative estimate of drug-likeness (QED) is 0.714. The van der Waals surface area contributed by atoms with E-state index in [-0.39, 0.29) is 16.4 Å². The van der Waals surface area contributed by atoms with Crippen LogP contribution in [0.1, 0.15) is 5.56 Å². The zero-order chi connectivity index (χ0) is 11.7. The number of rotatable bonds is 1. The fraction of sp³-hybridized carbons (Fsp3) is 0.0909. The number of nitrogens with zero attached hydrogens (tertiary/aromatic N) is 2. The van der Waals surface area contributed by atoms with Crippen LogP contribution in [0.15, 0.2) is 24.4 Å². The van der Waals surface area contributed by atoms with Crippen molar-refractivity contribution in [3.05, 3.63) is 46.9 Å². The normalized spacial score (nSPS) is 10.5. The largest absolute Gasteiger partial charge is 0.244 e. The van der Waals surface area contributed by atoms with Crippen LogP contribution in [0, 0.1) is 18.7 Å². The van der Waals surface area contributed by atoms with E-state index >= 15 is 0 Å². The van der Waals surface area contributed by atoms with Gasteiger partial charge in [-0.2, -0.15) is 4.39 Å². The number of pyridine rings is 2. The van der Waals surface area contributed by atoms with E-state index in [2.05, 4.69) is 9.97 Å². The van der Waals surface area contributed by atoms with Crippen LogP contribution in [0.2, 0.25) is 5.15 Å². The molecule has 0 atom stereocenters. The Bertz CT molecular complexity index is 523. The van der Waals surface area contributed by atoms with Crippen LogP contribution in [0.5, 0.6) is 0 Å². The summed E-state index contributed by atoms with van der Waals surface area (Å²) < 4.78 is 26.6. The second kappa shape index (κ2) is 4.14. The average Bonchev–Trinajstić information content (AvgIpc) is 2.15. The lowest BCUT2D eigenvalue weighted by atomic mass is 10.1. The van der Waals surface area contributed by atoms with Crippen molar-refractivity contribution in [2.75, 3.05) is 0 Å². The van der Waals surface area contributed by atoms with Gasteiger partial charge in [0.15, 0.2) is 0 Å². The van der Waals surface area contributed by atoms with Crippen LogP contribution in [0.25, 0.3) is 11.3 Å². The molecule has 0 aliphatic carbocycles. The van der Waals surface area contributed by atoms with Crippen molar-refractivity contribution in [2.45, 2.75) is 6.92 Å². The molecule has 0 aliphatic rings. The highest BCUT2D eigenvalue weighted by molar-refractivity contribution is 6.29. The summed E-state index contributed by atoms with van der Waals surface area (Å²) in [5, 5.41) is 0.0503. The number of aryl methyl sites for hydroxylation is 1. The maximum Gasteiger partial charge on any atom is 0.213 e. The lowest BCUT2D eigenvalue weighted by molar-refractivity contribution is 0.582. The highest BCUT2D eigenvalue weighted by Crippen LogP contribution is 2.22. The Morgan fingerprint density at radius 1 is 1.19 bits per heavy atom. The molecule has 0 aliphatic heterocycles. The molecule has 0 radical (unpaired) electrons. The van der Waals surface area contributed by atoms with Gasteiger partial charge in [-0.15, -0.1) is 0 Å². The number of aromatic nitrogens is 2. The Hall–Kier alpha value is -1.55. The molecule has 2 nitrogen and oxygen atoms in total. The van der Waals surface area contributed by atoms with Crippen molar-refractivity contribution in [3.8, 4) is 11.3 Å². The standard InChI is InChI=1S/C11H7ClF2N2/c1-6-2-9(16-11(14)3-6)7-5-15-10(12)4-8(7)13/h2-5H,1H3. The first-order valence-corrected chi connectivity index (χ1v) is 4.89. The summed E-state index contributed by atoms with van der Waals surface area (Å²) in [5.74, 6) is -1.22. The Labute approximate surface area is 95.9 Å². The van der Waals surface area contributed by atoms with Crippen LogP contribution >= 0.6 is 11.6 Å². The lowest BCUT2D eigenvalue weighted by Crippen LogP contribution is -1.93. The van der Waals surface area contributed by atoms with Crippen LogP contribution < -0.4 is 0 Å². The fourth-order valence-electron chi connectivity index (χ4n) is 1.36. The van der Waals surface area contributed by atoms with Gasteiger partial charge in [-0.25, -0.2) is 14.4 Å². The van der Waals surface area contributed by atoms with Crippen LogP contribution in [-0.2, 0) is 0 Å². The summed E-state index contributed by atoms with van der Waals surface area (Å²) in [4.78, 5) is 7.34. The van der Waals surface area contributed by atoms with Crippen molar-refractivity contribution >= 4 is 11.6 Å². The van der Waals surface area contributed by atoms with E-state index in [4.69, 9.17) is 11.6 Å². The smallest absolute Gasteiger partial charge is 0.213 e. The maximum absolute atomic E-state index is 13.5. The summed E-state index contributed by atoms with van der Waals surface area (Å²) in [6, 6.07) is 3.92. The van der Waals surface area contributed by atoms with Crippen molar-refractivity contribution in [3.63, 3.8) is 0 Å². The first kappa shape index (κ1) is 11.0. The van der Waals surface area contributed by atoms with Gasteiger partial charge in [0, 0.05) is 12.3 Å². The first-order valence-electron chi connectivity index (χ1n) is 4.52. The summed E-state index contributed by atoms with van der Waals surface area (Å²) >= 11 is 5.52. The van der Waals surface area contributed by atoms with E-state index in [1.165, 1.54) is 12.3 Å². The molecule has 0 spiro atoms. The second-order valence-electron chi connectivity index (χ2n) is 3.34. The molecule has 2 aromatic heterocycles. The third-order valence-corrected chi connectivity index (χ3v) is 2.24. The van der Waals surface area contributed by atoms with Gasteiger partial charge in [0.1, 0.15) is 11.0 Å². The number of hydrogen-bond acceptors (Lipinski definition) is 2. The van der Waals surface area contributed by atoms with Crippen molar-refractivity contribution in [2.24, 2.45) is 0 Å². The second-order valence-corrected chi connectivity index (χ2v) is 3.73. The van der Waals surface area contributed by atoms with E-state index in [1.54, 1.807) is 13.0 Å². The summed E-state index contributed by atoms with van der Waals surface area (Å²) in [6.07, 6.45) is 1.23. The predicted molar refractivity (Wildman–Crippen MR) is 57.1 cm³/mol. The minimum atomic E-state index is -0.649. The third kappa shape index (κ3) is 2.17.